The normalized spacial score (nSPS) is 11.2. The molecule has 3 aromatic rings. The lowest BCUT2D eigenvalue weighted by Gasteiger charge is -2.08. The molecule has 0 spiro atoms. The molecule has 1 aromatic heterocycles. The number of aromatic nitrogens is 2. The van der Waals surface area contributed by atoms with Crippen molar-refractivity contribution in [3.63, 3.8) is 0 Å². The number of hydrogen-bond acceptors (Lipinski definition) is 2. The minimum atomic E-state index is 0.560. The summed E-state index contributed by atoms with van der Waals surface area (Å²) in [5.41, 5.74) is 3.60. The van der Waals surface area contributed by atoms with Crippen LogP contribution in [0.4, 0.5) is 0 Å². The third kappa shape index (κ3) is 2.42. The van der Waals surface area contributed by atoms with Gasteiger partial charge in [-0.05, 0) is 40.8 Å². The molecule has 20 heavy (non-hydrogen) atoms. The van der Waals surface area contributed by atoms with Gasteiger partial charge in [0.25, 0.3) is 0 Å². The maximum Gasteiger partial charge on any atom is 0.125 e. The lowest BCUT2D eigenvalue weighted by Crippen LogP contribution is -1.89. The second kappa shape index (κ2) is 5.04. The topological polar surface area (TPSA) is 25.8 Å². The number of nitrogens with zero attached hydrogens (tertiary/aromatic N) is 2. The van der Waals surface area contributed by atoms with Gasteiger partial charge in [-0.25, -0.2) is 9.97 Å². The Bertz CT molecular complexity index is 743. The minimum Gasteiger partial charge on any atom is -0.241 e. The van der Waals surface area contributed by atoms with Crippen molar-refractivity contribution in [2.24, 2.45) is 0 Å². The fourth-order valence-electron chi connectivity index (χ4n) is 2.34. The summed E-state index contributed by atoms with van der Waals surface area (Å²) in [7, 11) is 0. The lowest BCUT2D eigenvalue weighted by molar-refractivity contribution is 0.869. The predicted molar refractivity (Wildman–Crippen MR) is 83.8 cm³/mol. The van der Waals surface area contributed by atoms with Crippen LogP contribution in [0.3, 0.4) is 0 Å². The molecule has 100 valence electrons. The molecule has 3 rings (SSSR count). The van der Waals surface area contributed by atoms with E-state index in [1.54, 1.807) is 0 Å². The number of fused-ring (bicyclic) bond motifs is 1. The van der Waals surface area contributed by atoms with Crippen LogP contribution in [-0.4, -0.2) is 9.97 Å². The van der Waals surface area contributed by atoms with Crippen LogP contribution in [0.2, 0.25) is 0 Å². The molecule has 0 bridgehead atoms. The number of aryl methyl sites for hydroxylation is 1. The quantitative estimate of drug-likeness (QED) is 0.667. The zero-order valence-electron chi connectivity index (χ0n) is 12.1. The van der Waals surface area contributed by atoms with Crippen molar-refractivity contribution in [1.29, 1.82) is 0 Å². The van der Waals surface area contributed by atoms with E-state index in [2.05, 4.69) is 60.2 Å². The highest BCUT2D eigenvalue weighted by atomic mass is 14.8. The number of hydrogen-bond donors (Lipinski definition) is 0. The largest absolute Gasteiger partial charge is 0.241 e. The monoisotopic (exact) mass is 262 g/mol. The van der Waals surface area contributed by atoms with E-state index in [9.17, 15) is 0 Å². The smallest absolute Gasteiger partial charge is 0.125 e. The number of benzene rings is 2. The first-order valence-corrected chi connectivity index (χ1v) is 6.96. The highest BCUT2D eigenvalue weighted by molar-refractivity contribution is 5.87. The molecule has 0 saturated carbocycles. The summed E-state index contributed by atoms with van der Waals surface area (Å²) in [6, 6.07) is 13.2. The van der Waals surface area contributed by atoms with Crippen molar-refractivity contribution in [2.45, 2.75) is 26.7 Å². The Morgan fingerprint density at radius 3 is 2.15 bits per heavy atom. The molecular weight excluding hydrogens is 244 g/mol. The van der Waals surface area contributed by atoms with Gasteiger partial charge in [-0.3, -0.25) is 0 Å². The van der Waals surface area contributed by atoms with Crippen LogP contribution < -0.4 is 0 Å². The Morgan fingerprint density at radius 2 is 1.45 bits per heavy atom. The fourth-order valence-corrected chi connectivity index (χ4v) is 2.34. The molecule has 0 N–H and O–H groups in total. The molecule has 0 unspecified atom stereocenters. The SMILES string of the molecule is Cc1ncc(-c2ccc3cc(C(C)C)ccc3c2)cn1. The summed E-state index contributed by atoms with van der Waals surface area (Å²) in [6.07, 6.45) is 3.76. The van der Waals surface area contributed by atoms with Gasteiger partial charge in [-0.1, -0.05) is 44.2 Å². The van der Waals surface area contributed by atoms with Gasteiger partial charge < -0.3 is 0 Å². The molecule has 0 fully saturated rings. The molecule has 2 heteroatoms. The molecule has 0 radical (unpaired) electrons. The molecular formula is C18H18N2. The predicted octanol–water partition coefficient (Wildman–Crippen LogP) is 4.73. The molecule has 1 heterocycles. The van der Waals surface area contributed by atoms with Crippen LogP contribution in [0.15, 0.2) is 48.8 Å². The van der Waals surface area contributed by atoms with Crippen molar-refractivity contribution in [2.75, 3.05) is 0 Å². The van der Waals surface area contributed by atoms with Crippen LogP contribution in [0.5, 0.6) is 0 Å². The van der Waals surface area contributed by atoms with Crippen LogP contribution in [0.1, 0.15) is 31.2 Å². The summed E-state index contributed by atoms with van der Waals surface area (Å²) in [6.45, 7) is 6.34. The van der Waals surface area contributed by atoms with E-state index in [1.807, 2.05) is 19.3 Å². The summed E-state index contributed by atoms with van der Waals surface area (Å²) < 4.78 is 0. The Hall–Kier alpha value is -2.22. The van der Waals surface area contributed by atoms with E-state index in [4.69, 9.17) is 0 Å². The fraction of sp³-hybridized carbons (Fsp3) is 0.222. The van der Waals surface area contributed by atoms with Crippen LogP contribution in [0, 0.1) is 6.92 Å². The standard InChI is InChI=1S/C18H18N2/c1-12(2)14-4-5-16-9-17(7-6-15(16)8-14)18-10-19-13(3)20-11-18/h4-12H,1-3H3. The molecule has 2 nitrogen and oxygen atoms in total. The van der Waals surface area contributed by atoms with E-state index >= 15 is 0 Å². The molecule has 0 atom stereocenters. The molecule has 2 aromatic carbocycles. The van der Waals surface area contributed by atoms with Gasteiger partial charge in [0.1, 0.15) is 5.82 Å². The maximum atomic E-state index is 4.26. The molecule has 0 aliphatic heterocycles. The number of rotatable bonds is 2. The second-order valence-corrected chi connectivity index (χ2v) is 5.50. The highest BCUT2D eigenvalue weighted by Crippen LogP contribution is 2.26. The third-order valence-corrected chi connectivity index (χ3v) is 3.65. The van der Waals surface area contributed by atoms with Crippen molar-refractivity contribution >= 4 is 10.8 Å². The summed E-state index contributed by atoms with van der Waals surface area (Å²) in [5, 5.41) is 2.54. The van der Waals surface area contributed by atoms with Crippen molar-refractivity contribution in [3.8, 4) is 11.1 Å². The van der Waals surface area contributed by atoms with Crippen LogP contribution in [0.25, 0.3) is 21.9 Å². The van der Waals surface area contributed by atoms with Crippen molar-refractivity contribution < 1.29 is 0 Å². The van der Waals surface area contributed by atoms with Gasteiger partial charge in [0.15, 0.2) is 0 Å². The second-order valence-electron chi connectivity index (χ2n) is 5.50. The van der Waals surface area contributed by atoms with Gasteiger partial charge in [-0.15, -0.1) is 0 Å². The molecule has 0 aliphatic carbocycles. The molecule has 0 amide bonds. The van der Waals surface area contributed by atoms with Gasteiger partial charge >= 0.3 is 0 Å². The Kier molecular flexibility index (Phi) is 3.23. The summed E-state index contributed by atoms with van der Waals surface area (Å²) >= 11 is 0. The maximum absolute atomic E-state index is 4.26. The van der Waals surface area contributed by atoms with E-state index in [-0.39, 0.29) is 0 Å². The van der Waals surface area contributed by atoms with Crippen molar-refractivity contribution in [3.05, 3.63) is 60.2 Å². The average molecular weight is 262 g/mol. The lowest BCUT2D eigenvalue weighted by atomic mass is 9.97. The highest BCUT2D eigenvalue weighted by Gasteiger charge is 2.03. The van der Waals surface area contributed by atoms with Gasteiger partial charge in [-0.2, -0.15) is 0 Å². The molecule has 0 saturated heterocycles. The Labute approximate surface area is 119 Å². The Balaban J connectivity index is 2.07. The Morgan fingerprint density at radius 1 is 0.800 bits per heavy atom. The first kappa shape index (κ1) is 12.8. The molecule has 0 aliphatic rings. The van der Waals surface area contributed by atoms with E-state index in [0.717, 1.165) is 17.0 Å². The van der Waals surface area contributed by atoms with Gasteiger partial charge in [0.05, 0.1) is 0 Å². The zero-order valence-corrected chi connectivity index (χ0v) is 12.1. The zero-order chi connectivity index (χ0) is 14.1. The van der Waals surface area contributed by atoms with Gasteiger partial charge in [0.2, 0.25) is 0 Å². The first-order chi connectivity index (χ1) is 9.63. The summed E-state index contributed by atoms with van der Waals surface area (Å²) in [4.78, 5) is 8.52. The third-order valence-electron chi connectivity index (χ3n) is 3.65. The summed E-state index contributed by atoms with van der Waals surface area (Å²) in [5.74, 6) is 1.36. The van der Waals surface area contributed by atoms with Gasteiger partial charge in [0, 0.05) is 18.0 Å². The average Bonchev–Trinajstić information content (AvgIpc) is 2.47. The van der Waals surface area contributed by atoms with Crippen molar-refractivity contribution in [1.82, 2.24) is 9.97 Å². The van der Waals surface area contributed by atoms with E-state index in [0.29, 0.717) is 5.92 Å². The van der Waals surface area contributed by atoms with E-state index in [1.165, 1.54) is 16.3 Å². The minimum absolute atomic E-state index is 0.560. The van der Waals surface area contributed by atoms with Crippen LogP contribution >= 0.6 is 0 Å². The van der Waals surface area contributed by atoms with E-state index < -0.39 is 0 Å². The first-order valence-electron chi connectivity index (χ1n) is 6.96. The van der Waals surface area contributed by atoms with Crippen LogP contribution in [-0.2, 0) is 0 Å².